The topological polar surface area (TPSA) is 43.4 Å². The molecule has 1 amide bonds. The van der Waals surface area contributed by atoms with Crippen LogP contribution in [0.5, 0.6) is 0 Å². The molecule has 4 heteroatoms. The molecule has 0 unspecified atom stereocenters. The van der Waals surface area contributed by atoms with Gasteiger partial charge in [0.15, 0.2) is 0 Å². The van der Waals surface area contributed by atoms with E-state index < -0.39 is 11.2 Å². The van der Waals surface area contributed by atoms with Crippen LogP contribution < -0.4 is 0 Å². The third-order valence-corrected chi connectivity index (χ3v) is 4.25. The zero-order valence-corrected chi connectivity index (χ0v) is 9.81. The summed E-state index contributed by atoms with van der Waals surface area (Å²) in [6, 6.07) is 0. The summed E-state index contributed by atoms with van der Waals surface area (Å²) in [5, 5.41) is 0. The highest BCUT2D eigenvalue weighted by Gasteiger charge is 2.24. The summed E-state index contributed by atoms with van der Waals surface area (Å²) in [5.41, 5.74) is 0. The Hall–Kier alpha value is -0.220. The van der Waals surface area contributed by atoms with Crippen molar-refractivity contribution in [1.82, 2.24) is 4.90 Å². The summed E-state index contributed by atoms with van der Waals surface area (Å²) in [5.74, 6) is 2.26. The second kappa shape index (κ2) is 5.61. The molecule has 0 aromatic rings. The fraction of sp³-hybridized carbons (Fsp3) is 0.900. The van der Waals surface area contributed by atoms with Crippen molar-refractivity contribution in [2.24, 2.45) is 5.92 Å². The zero-order valence-electron chi connectivity index (χ0n) is 8.99. The van der Waals surface area contributed by atoms with Crippen LogP contribution >= 0.6 is 0 Å². The van der Waals surface area contributed by atoms with Crippen LogP contribution in [0.2, 0.25) is 0 Å². The molecule has 1 rings (SSSR count). The third kappa shape index (κ3) is 3.50. The van der Waals surface area contributed by atoms with Crippen LogP contribution in [0.1, 0.15) is 26.2 Å². The molecule has 0 spiro atoms. The highest BCUT2D eigenvalue weighted by Crippen LogP contribution is 2.22. The first-order valence-corrected chi connectivity index (χ1v) is 6.71. The second-order valence-corrected chi connectivity index (χ2v) is 5.60. The third-order valence-electron chi connectivity index (χ3n) is 2.87. The van der Waals surface area contributed by atoms with E-state index in [1.165, 1.54) is 0 Å². The van der Waals surface area contributed by atoms with Crippen molar-refractivity contribution >= 4 is 17.1 Å². The molecule has 3 nitrogen and oxygen atoms in total. The SMILES string of the molecule is CCN(C)C(=O)CC1CC[S+]([O-])CC1. The van der Waals surface area contributed by atoms with E-state index in [2.05, 4.69) is 0 Å². The molecule has 0 aliphatic carbocycles. The van der Waals surface area contributed by atoms with Gasteiger partial charge in [-0.25, -0.2) is 0 Å². The molecule has 0 aromatic heterocycles. The van der Waals surface area contributed by atoms with Crippen molar-refractivity contribution in [2.45, 2.75) is 26.2 Å². The van der Waals surface area contributed by atoms with Crippen LogP contribution in [0.4, 0.5) is 0 Å². The Morgan fingerprint density at radius 3 is 2.57 bits per heavy atom. The number of rotatable bonds is 3. The normalized spacial score (nSPS) is 27.4. The first-order valence-electron chi connectivity index (χ1n) is 5.22. The Morgan fingerprint density at radius 1 is 1.50 bits per heavy atom. The fourth-order valence-electron chi connectivity index (χ4n) is 1.63. The van der Waals surface area contributed by atoms with E-state index in [1.54, 1.807) is 4.90 Å². The van der Waals surface area contributed by atoms with Gasteiger partial charge >= 0.3 is 0 Å². The summed E-state index contributed by atoms with van der Waals surface area (Å²) < 4.78 is 11.1. The van der Waals surface area contributed by atoms with Crippen LogP contribution in [-0.2, 0) is 16.0 Å². The maximum atomic E-state index is 11.6. The number of hydrogen-bond donors (Lipinski definition) is 0. The highest BCUT2D eigenvalue weighted by molar-refractivity contribution is 7.91. The van der Waals surface area contributed by atoms with Gasteiger partial charge in [-0.15, -0.1) is 0 Å². The van der Waals surface area contributed by atoms with Gasteiger partial charge in [0.2, 0.25) is 5.91 Å². The summed E-state index contributed by atoms with van der Waals surface area (Å²) in [6.07, 6.45) is 2.55. The van der Waals surface area contributed by atoms with Crippen molar-refractivity contribution < 1.29 is 9.35 Å². The molecule has 1 aliphatic rings. The molecule has 1 heterocycles. The first-order chi connectivity index (χ1) is 6.63. The van der Waals surface area contributed by atoms with E-state index >= 15 is 0 Å². The second-order valence-electron chi connectivity index (χ2n) is 3.90. The maximum absolute atomic E-state index is 11.6. The van der Waals surface area contributed by atoms with E-state index in [0.717, 1.165) is 30.9 Å². The average molecular weight is 217 g/mol. The van der Waals surface area contributed by atoms with Crippen molar-refractivity contribution in [2.75, 3.05) is 25.1 Å². The summed E-state index contributed by atoms with van der Waals surface area (Å²) >= 11 is -0.613. The molecule has 0 radical (unpaired) electrons. The Balaban J connectivity index is 2.27. The molecular formula is C10H19NO2S. The number of carbonyl (C=O) groups is 1. The molecule has 0 aromatic carbocycles. The Labute approximate surface area is 89.0 Å². The van der Waals surface area contributed by atoms with Crippen molar-refractivity contribution in [1.29, 1.82) is 0 Å². The molecule has 82 valence electrons. The molecule has 14 heavy (non-hydrogen) atoms. The first kappa shape index (κ1) is 11.9. The Morgan fingerprint density at radius 2 is 2.07 bits per heavy atom. The number of hydrogen-bond acceptors (Lipinski definition) is 2. The molecule has 0 bridgehead atoms. The molecule has 1 fully saturated rings. The van der Waals surface area contributed by atoms with E-state index in [0.29, 0.717) is 12.3 Å². The lowest BCUT2D eigenvalue weighted by Crippen LogP contribution is -2.31. The fourth-order valence-corrected chi connectivity index (χ4v) is 3.02. The molecule has 0 atom stereocenters. The predicted octanol–water partition coefficient (Wildman–Crippen LogP) is 1.01. The van der Waals surface area contributed by atoms with E-state index in [9.17, 15) is 9.35 Å². The van der Waals surface area contributed by atoms with Gasteiger partial charge in [-0.2, -0.15) is 0 Å². The molecular weight excluding hydrogens is 198 g/mol. The molecule has 0 saturated carbocycles. The van der Waals surface area contributed by atoms with Crippen molar-refractivity contribution in [3.05, 3.63) is 0 Å². The number of carbonyl (C=O) groups excluding carboxylic acids is 1. The van der Waals surface area contributed by atoms with Crippen LogP contribution in [0.15, 0.2) is 0 Å². The average Bonchev–Trinajstić information content (AvgIpc) is 2.20. The summed E-state index contributed by atoms with van der Waals surface area (Å²) in [4.78, 5) is 13.3. The minimum absolute atomic E-state index is 0.227. The largest absolute Gasteiger partial charge is 0.616 e. The Bertz CT molecular complexity index is 191. The van der Waals surface area contributed by atoms with Gasteiger partial charge in [-0.1, -0.05) is 11.2 Å². The molecule has 1 saturated heterocycles. The molecule has 1 aliphatic heterocycles. The van der Waals surface area contributed by atoms with Gasteiger partial charge < -0.3 is 9.45 Å². The standard InChI is InChI=1S/C10H19NO2S/c1-3-11(2)10(12)8-9-4-6-14(13)7-5-9/h9H,3-8H2,1-2H3. The van der Waals surface area contributed by atoms with Gasteiger partial charge in [0, 0.05) is 20.0 Å². The minimum atomic E-state index is -0.613. The van der Waals surface area contributed by atoms with E-state index in [1.807, 2.05) is 14.0 Å². The van der Waals surface area contributed by atoms with Crippen LogP contribution in [-0.4, -0.2) is 40.5 Å². The van der Waals surface area contributed by atoms with Gasteiger partial charge in [0.05, 0.1) is 0 Å². The summed E-state index contributed by atoms with van der Waals surface area (Å²) in [7, 11) is 1.84. The van der Waals surface area contributed by atoms with Crippen LogP contribution in [0.3, 0.4) is 0 Å². The number of amides is 1. The van der Waals surface area contributed by atoms with E-state index in [4.69, 9.17) is 0 Å². The predicted molar refractivity (Wildman–Crippen MR) is 58.5 cm³/mol. The van der Waals surface area contributed by atoms with Gasteiger partial charge in [0.1, 0.15) is 11.5 Å². The minimum Gasteiger partial charge on any atom is -0.616 e. The number of nitrogens with zero attached hydrogens (tertiary/aromatic N) is 1. The van der Waals surface area contributed by atoms with Crippen molar-refractivity contribution in [3.63, 3.8) is 0 Å². The smallest absolute Gasteiger partial charge is 0.222 e. The van der Waals surface area contributed by atoms with Gasteiger partial charge in [0.25, 0.3) is 0 Å². The van der Waals surface area contributed by atoms with Crippen LogP contribution in [0, 0.1) is 5.92 Å². The summed E-state index contributed by atoms with van der Waals surface area (Å²) in [6.45, 7) is 2.76. The lowest BCUT2D eigenvalue weighted by molar-refractivity contribution is -0.130. The van der Waals surface area contributed by atoms with Crippen LogP contribution in [0.25, 0.3) is 0 Å². The van der Waals surface area contributed by atoms with Gasteiger partial charge in [-0.05, 0) is 25.7 Å². The van der Waals surface area contributed by atoms with Gasteiger partial charge in [-0.3, -0.25) is 4.79 Å². The quantitative estimate of drug-likeness (QED) is 0.662. The highest BCUT2D eigenvalue weighted by atomic mass is 32.2. The monoisotopic (exact) mass is 217 g/mol. The molecule has 0 N–H and O–H groups in total. The maximum Gasteiger partial charge on any atom is 0.222 e. The lowest BCUT2D eigenvalue weighted by atomic mass is 9.98. The zero-order chi connectivity index (χ0) is 10.6. The lowest BCUT2D eigenvalue weighted by Gasteiger charge is -2.25. The Kier molecular flexibility index (Phi) is 4.75. The van der Waals surface area contributed by atoms with E-state index in [-0.39, 0.29) is 5.91 Å². The van der Waals surface area contributed by atoms with Crippen molar-refractivity contribution in [3.8, 4) is 0 Å².